The molecule has 23 heavy (non-hydrogen) atoms. The first-order valence-corrected chi connectivity index (χ1v) is 7.63. The molecule has 0 saturated carbocycles. The van der Waals surface area contributed by atoms with Crippen molar-refractivity contribution in [2.75, 3.05) is 19.8 Å². The fraction of sp³-hybridized carbons (Fsp3) is 0.562. The Hall–Kier alpha value is -1.76. The molecule has 2 atom stereocenters. The van der Waals surface area contributed by atoms with Crippen LogP contribution in [0.5, 0.6) is 0 Å². The topological polar surface area (TPSA) is 50.4 Å². The van der Waals surface area contributed by atoms with Gasteiger partial charge in [-0.25, -0.2) is 4.79 Å². The van der Waals surface area contributed by atoms with E-state index in [1.54, 1.807) is 0 Å². The fourth-order valence-electron chi connectivity index (χ4n) is 2.49. The van der Waals surface area contributed by atoms with Gasteiger partial charge in [-0.3, -0.25) is 0 Å². The predicted octanol–water partition coefficient (Wildman–Crippen LogP) is 2.97. The summed E-state index contributed by atoms with van der Waals surface area (Å²) in [6.07, 6.45) is -2.91. The Bertz CT molecular complexity index is 511. The maximum Gasteiger partial charge on any atom is 0.416 e. The monoisotopic (exact) mass is 330 g/mol. The summed E-state index contributed by atoms with van der Waals surface area (Å²) in [5, 5.41) is 5.58. The number of carbonyl (C=O) groups excluding carboxylic acids is 1. The normalized spacial score (nSPS) is 19.4. The zero-order valence-electron chi connectivity index (χ0n) is 13.0. The van der Waals surface area contributed by atoms with Gasteiger partial charge < -0.3 is 15.4 Å². The summed E-state index contributed by atoms with van der Waals surface area (Å²) < 4.78 is 42.7. The highest BCUT2D eigenvalue weighted by molar-refractivity contribution is 5.74. The Morgan fingerprint density at radius 1 is 1.35 bits per heavy atom. The van der Waals surface area contributed by atoms with Gasteiger partial charge in [-0.05, 0) is 37.5 Å². The highest BCUT2D eigenvalue weighted by Gasteiger charge is 2.29. The van der Waals surface area contributed by atoms with E-state index in [1.165, 1.54) is 12.1 Å². The van der Waals surface area contributed by atoms with E-state index in [1.807, 2.05) is 6.92 Å². The molecule has 0 spiro atoms. The number of alkyl halides is 3. The Morgan fingerprint density at radius 2 is 2.04 bits per heavy atom. The van der Waals surface area contributed by atoms with Gasteiger partial charge in [-0.1, -0.05) is 12.1 Å². The van der Waals surface area contributed by atoms with E-state index < -0.39 is 11.7 Å². The maximum absolute atomic E-state index is 12.5. The highest BCUT2D eigenvalue weighted by atomic mass is 19.4. The van der Waals surface area contributed by atoms with Crippen molar-refractivity contribution < 1.29 is 22.7 Å². The molecule has 0 radical (unpaired) electrons. The molecule has 4 nitrogen and oxygen atoms in total. The summed E-state index contributed by atoms with van der Waals surface area (Å²) in [6.45, 7) is 3.79. The van der Waals surface area contributed by atoms with E-state index in [9.17, 15) is 18.0 Å². The smallest absolute Gasteiger partial charge is 0.381 e. The third kappa shape index (κ3) is 5.74. The molecule has 1 aromatic rings. The molecule has 1 aliphatic heterocycles. The molecule has 1 heterocycles. The minimum atomic E-state index is -4.33. The zero-order chi connectivity index (χ0) is 16.9. The molecular weight excluding hydrogens is 309 g/mol. The molecule has 0 unspecified atom stereocenters. The van der Waals surface area contributed by atoms with Gasteiger partial charge in [-0.15, -0.1) is 0 Å². The molecular formula is C16H21F3N2O2. The number of hydrogen-bond acceptors (Lipinski definition) is 2. The first kappa shape index (κ1) is 17.6. The second kappa shape index (κ2) is 7.68. The van der Waals surface area contributed by atoms with Crippen molar-refractivity contribution in [3.05, 3.63) is 35.4 Å². The minimum absolute atomic E-state index is 0.174. The highest BCUT2D eigenvalue weighted by Crippen LogP contribution is 2.29. The van der Waals surface area contributed by atoms with Gasteiger partial charge in [0, 0.05) is 25.1 Å². The first-order valence-electron chi connectivity index (χ1n) is 7.63. The number of urea groups is 1. The fourth-order valence-corrected chi connectivity index (χ4v) is 2.49. The summed E-state index contributed by atoms with van der Waals surface area (Å²) in [6, 6.07) is 4.55. The van der Waals surface area contributed by atoms with E-state index in [0.29, 0.717) is 25.5 Å². The van der Waals surface area contributed by atoms with Gasteiger partial charge in [0.25, 0.3) is 0 Å². The molecule has 0 bridgehead atoms. The van der Waals surface area contributed by atoms with Crippen molar-refractivity contribution in [3.8, 4) is 0 Å². The van der Waals surface area contributed by atoms with Gasteiger partial charge in [0.1, 0.15) is 0 Å². The van der Waals surface area contributed by atoms with Crippen molar-refractivity contribution in [1.82, 2.24) is 10.6 Å². The van der Waals surface area contributed by atoms with E-state index in [-0.39, 0.29) is 12.1 Å². The summed E-state index contributed by atoms with van der Waals surface area (Å²) in [4.78, 5) is 11.8. The number of carbonyl (C=O) groups is 1. The predicted molar refractivity (Wildman–Crippen MR) is 80.1 cm³/mol. The average molecular weight is 330 g/mol. The Labute approximate surface area is 133 Å². The van der Waals surface area contributed by atoms with Crippen LogP contribution in [0.3, 0.4) is 0 Å². The van der Waals surface area contributed by atoms with Crippen LogP contribution in [0.2, 0.25) is 0 Å². The number of benzene rings is 1. The molecule has 7 heteroatoms. The average Bonchev–Trinajstić information content (AvgIpc) is 2.98. The molecule has 128 valence electrons. The number of hydrogen-bond donors (Lipinski definition) is 2. The van der Waals surface area contributed by atoms with Crippen molar-refractivity contribution in [3.63, 3.8) is 0 Å². The standard InChI is InChI=1S/C16H21F3N2O2/c1-11(21-15(22)20-9-13-6-7-23-10-13)8-12-2-4-14(5-3-12)16(17,18)19/h2-5,11,13H,6-10H2,1H3,(H2,20,21,22)/t11-,13+/m1/s1. The summed E-state index contributed by atoms with van der Waals surface area (Å²) in [5.41, 5.74) is 0.0772. The lowest BCUT2D eigenvalue weighted by molar-refractivity contribution is -0.137. The zero-order valence-corrected chi connectivity index (χ0v) is 13.0. The molecule has 2 rings (SSSR count). The minimum Gasteiger partial charge on any atom is -0.381 e. The van der Waals surface area contributed by atoms with Gasteiger partial charge in [0.2, 0.25) is 0 Å². The molecule has 0 aromatic heterocycles. The largest absolute Gasteiger partial charge is 0.416 e. The van der Waals surface area contributed by atoms with Crippen LogP contribution >= 0.6 is 0 Å². The number of halogens is 3. The van der Waals surface area contributed by atoms with Crippen molar-refractivity contribution >= 4 is 6.03 Å². The van der Waals surface area contributed by atoms with Crippen LogP contribution in [0.4, 0.5) is 18.0 Å². The Balaban J connectivity index is 1.75. The lowest BCUT2D eigenvalue weighted by Gasteiger charge is -2.16. The van der Waals surface area contributed by atoms with Crippen LogP contribution in [0, 0.1) is 5.92 Å². The van der Waals surface area contributed by atoms with Gasteiger partial charge >= 0.3 is 12.2 Å². The third-order valence-corrected chi connectivity index (χ3v) is 3.78. The van der Waals surface area contributed by atoms with Crippen molar-refractivity contribution in [1.29, 1.82) is 0 Å². The van der Waals surface area contributed by atoms with E-state index in [2.05, 4.69) is 10.6 Å². The van der Waals surface area contributed by atoms with Gasteiger partial charge in [-0.2, -0.15) is 13.2 Å². The summed E-state index contributed by atoms with van der Waals surface area (Å²) >= 11 is 0. The lowest BCUT2D eigenvalue weighted by Crippen LogP contribution is -2.43. The van der Waals surface area contributed by atoms with Crippen LogP contribution in [0.1, 0.15) is 24.5 Å². The molecule has 2 amide bonds. The molecule has 0 aliphatic carbocycles. The SMILES string of the molecule is C[C@H](Cc1ccc(C(F)(F)F)cc1)NC(=O)NC[C@@H]1CCOC1. The second-order valence-electron chi connectivity index (χ2n) is 5.88. The quantitative estimate of drug-likeness (QED) is 0.872. The molecule has 2 N–H and O–H groups in total. The van der Waals surface area contributed by atoms with Gasteiger partial charge in [0.05, 0.1) is 12.2 Å². The maximum atomic E-state index is 12.5. The number of ether oxygens (including phenoxy) is 1. The Kier molecular flexibility index (Phi) is 5.87. The molecule has 1 saturated heterocycles. The number of amides is 2. The Morgan fingerprint density at radius 3 is 2.61 bits per heavy atom. The van der Waals surface area contributed by atoms with E-state index in [4.69, 9.17) is 4.74 Å². The third-order valence-electron chi connectivity index (χ3n) is 3.78. The van der Waals surface area contributed by atoms with Crippen LogP contribution in [0.25, 0.3) is 0 Å². The van der Waals surface area contributed by atoms with Crippen LogP contribution in [-0.4, -0.2) is 31.8 Å². The summed E-state index contributed by atoms with van der Waals surface area (Å²) in [7, 11) is 0. The van der Waals surface area contributed by atoms with E-state index in [0.717, 1.165) is 30.7 Å². The number of rotatable bonds is 5. The number of nitrogens with one attached hydrogen (secondary N) is 2. The van der Waals surface area contributed by atoms with Crippen LogP contribution in [0.15, 0.2) is 24.3 Å². The van der Waals surface area contributed by atoms with Crippen LogP contribution < -0.4 is 10.6 Å². The molecule has 1 aliphatic rings. The molecule has 1 fully saturated rings. The van der Waals surface area contributed by atoms with Crippen LogP contribution in [-0.2, 0) is 17.3 Å². The summed E-state index contributed by atoms with van der Waals surface area (Å²) in [5.74, 6) is 0.353. The van der Waals surface area contributed by atoms with Crippen molar-refractivity contribution in [2.45, 2.75) is 32.0 Å². The second-order valence-corrected chi connectivity index (χ2v) is 5.88. The molecule has 1 aromatic carbocycles. The van der Waals surface area contributed by atoms with Crippen molar-refractivity contribution in [2.24, 2.45) is 5.92 Å². The van der Waals surface area contributed by atoms with E-state index >= 15 is 0 Å². The lowest BCUT2D eigenvalue weighted by atomic mass is 10.1. The first-order chi connectivity index (χ1) is 10.8. The van der Waals surface area contributed by atoms with Gasteiger partial charge in [0.15, 0.2) is 0 Å².